The largest absolute Gasteiger partial charge is 0.307 e. The molecule has 6 nitrogen and oxygen atoms in total. The van der Waals surface area contributed by atoms with Crippen molar-refractivity contribution in [1.82, 2.24) is 25.0 Å². The number of pyridine rings is 1. The molecule has 1 saturated heterocycles. The summed E-state index contributed by atoms with van der Waals surface area (Å²) in [5.74, 6) is 0.735. The number of hydrogen-bond donors (Lipinski definition) is 1. The average molecular weight is 439 g/mol. The van der Waals surface area contributed by atoms with E-state index in [9.17, 15) is 0 Å². The molecule has 3 heterocycles. The van der Waals surface area contributed by atoms with Crippen molar-refractivity contribution in [2.24, 2.45) is 0 Å². The van der Waals surface area contributed by atoms with Gasteiger partial charge in [0, 0.05) is 49.7 Å². The second-order valence-corrected chi connectivity index (χ2v) is 9.31. The molecule has 2 unspecified atom stereocenters. The molecule has 2 aromatic heterocycles. The van der Waals surface area contributed by atoms with E-state index in [4.69, 9.17) is 5.26 Å². The van der Waals surface area contributed by atoms with Crippen LogP contribution in [0.15, 0.2) is 43.4 Å². The normalized spacial score (nSPS) is 20.6. The fourth-order valence-electron chi connectivity index (χ4n) is 5.30. The lowest BCUT2D eigenvalue weighted by Gasteiger charge is -2.41. The molecule has 1 aromatic carbocycles. The summed E-state index contributed by atoms with van der Waals surface area (Å²) in [6, 6.07) is 9.31. The summed E-state index contributed by atoms with van der Waals surface area (Å²) in [6.45, 7) is 13.6. The molecule has 0 bridgehead atoms. The zero-order chi connectivity index (χ0) is 23.1. The first kappa shape index (κ1) is 21.6. The van der Waals surface area contributed by atoms with Crippen molar-refractivity contribution in [3.05, 3.63) is 82.3 Å². The van der Waals surface area contributed by atoms with Gasteiger partial charge < -0.3 is 5.32 Å². The summed E-state index contributed by atoms with van der Waals surface area (Å²) in [5, 5.41) is 17.4. The van der Waals surface area contributed by atoms with Crippen molar-refractivity contribution in [3.8, 4) is 11.9 Å². The molecule has 5 rings (SSSR count). The van der Waals surface area contributed by atoms with Gasteiger partial charge in [-0.2, -0.15) is 10.4 Å². The van der Waals surface area contributed by atoms with E-state index in [-0.39, 0.29) is 0 Å². The summed E-state index contributed by atoms with van der Waals surface area (Å²) in [4.78, 5) is 6.93. The summed E-state index contributed by atoms with van der Waals surface area (Å²) in [6.07, 6.45) is 7.77. The van der Waals surface area contributed by atoms with E-state index >= 15 is 0 Å². The molecule has 0 saturated carbocycles. The lowest BCUT2D eigenvalue weighted by atomic mass is 9.89. The van der Waals surface area contributed by atoms with Crippen LogP contribution in [-0.4, -0.2) is 38.8 Å². The molecule has 1 aliphatic heterocycles. The number of aryl methyl sites for hydroxylation is 1. The predicted octanol–water partition coefficient (Wildman–Crippen LogP) is 4.25. The minimum atomic E-state index is 0.302. The Kier molecular flexibility index (Phi) is 5.61. The Bertz CT molecular complexity index is 1260. The van der Waals surface area contributed by atoms with Gasteiger partial charge in [-0.25, -0.2) is 9.67 Å². The average Bonchev–Trinajstić information content (AvgIpc) is 3.43. The van der Waals surface area contributed by atoms with Crippen LogP contribution in [0.2, 0.25) is 0 Å². The molecule has 1 fully saturated rings. The van der Waals surface area contributed by atoms with Crippen molar-refractivity contribution in [1.29, 1.82) is 5.26 Å². The molecular weight excluding hydrogens is 408 g/mol. The Morgan fingerprint density at radius 2 is 2.09 bits per heavy atom. The van der Waals surface area contributed by atoms with Crippen molar-refractivity contribution in [3.63, 3.8) is 0 Å². The first-order valence-electron chi connectivity index (χ1n) is 11.6. The molecule has 0 radical (unpaired) electrons. The fraction of sp³-hybridized carbons (Fsp3) is 0.370. The number of aromatic nitrogens is 3. The molecule has 168 valence electrons. The van der Waals surface area contributed by atoms with Gasteiger partial charge in [-0.15, -0.1) is 0 Å². The van der Waals surface area contributed by atoms with Crippen LogP contribution in [0.5, 0.6) is 0 Å². The van der Waals surface area contributed by atoms with Gasteiger partial charge in [0.1, 0.15) is 6.07 Å². The summed E-state index contributed by atoms with van der Waals surface area (Å²) in [5.41, 5.74) is 9.61. The van der Waals surface area contributed by atoms with Gasteiger partial charge in [-0.1, -0.05) is 18.7 Å². The standard InChI is InChI=1S/C27H30N6/c1-17-5-6-24-19(3)25(8-7-23(17)24)27-20(4)32(10-9-29-27)15-21-13-31-33(16-21)26-11-18(2)22(12-28)14-30-26/h7-8,11,13-14,16,20,27,29H,1,5-6,9-10,15H2,2-4H3. The van der Waals surface area contributed by atoms with Crippen LogP contribution in [0.25, 0.3) is 11.4 Å². The molecule has 2 aliphatic rings. The minimum Gasteiger partial charge on any atom is -0.307 e. The molecule has 0 amide bonds. The highest BCUT2D eigenvalue weighted by Crippen LogP contribution is 2.37. The number of allylic oxidation sites excluding steroid dienone is 1. The van der Waals surface area contributed by atoms with E-state index in [1.54, 1.807) is 10.9 Å². The Morgan fingerprint density at radius 1 is 1.24 bits per heavy atom. The van der Waals surface area contributed by atoms with Crippen LogP contribution in [0.1, 0.15) is 58.3 Å². The van der Waals surface area contributed by atoms with Gasteiger partial charge in [0.15, 0.2) is 5.82 Å². The van der Waals surface area contributed by atoms with E-state index in [1.165, 1.54) is 27.8 Å². The third-order valence-corrected chi connectivity index (χ3v) is 7.33. The number of nitrogens with one attached hydrogen (secondary N) is 1. The third kappa shape index (κ3) is 3.88. The maximum atomic E-state index is 9.14. The Morgan fingerprint density at radius 3 is 2.88 bits per heavy atom. The molecular formula is C27H30N6. The number of piperazine rings is 1. The first-order chi connectivity index (χ1) is 16.0. The van der Waals surface area contributed by atoms with E-state index in [0.29, 0.717) is 17.6 Å². The number of rotatable bonds is 4. The number of nitriles is 1. The van der Waals surface area contributed by atoms with Crippen LogP contribution in [0.4, 0.5) is 0 Å². The summed E-state index contributed by atoms with van der Waals surface area (Å²) in [7, 11) is 0. The van der Waals surface area contributed by atoms with Gasteiger partial charge in [0.05, 0.1) is 11.8 Å². The van der Waals surface area contributed by atoms with Crippen LogP contribution in [-0.2, 0) is 13.0 Å². The molecule has 2 atom stereocenters. The molecule has 6 heteroatoms. The molecule has 0 spiro atoms. The van der Waals surface area contributed by atoms with Gasteiger partial charge in [0.2, 0.25) is 0 Å². The number of benzene rings is 1. The zero-order valence-corrected chi connectivity index (χ0v) is 19.6. The van der Waals surface area contributed by atoms with Gasteiger partial charge >= 0.3 is 0 Å². The lowest BCUT2D eigenvalue weighted by Crippen LogP contribution is -2.51. The van der Waals surface area contributed by atoms with Crippen molar-refractivity contribution in [2.45, 2.75) is 52.2 Å². The fourth-order valence-corrected chi connectivity index (χ4v) is 5.30. The molecule has 1 N–H and O–H groups in total. The maximum absolute atomic E-state index is 9.14. The molecule has 3 aromatic rings. The Labute approximate surface area is 195 Å². The lowest BCUT2D eigenvalue weighted by molar-refractivity contribution is 0.123. The second kappa shape index (κ2) is 8.58. The zero-order valence-electron chi connectivity index (χ0n) is 19.6. The minimum absolute atomic E-state index is 0.302. The highest BCUT2D eigenvalue weighted by Gasteiger charge is 2.31. The molecule has 1 aliphatic carbocycles. The van der Waals surface area contributed by atoms with E-state index in [0.717, 1.165) is 49.4 Å². The number of nitrogens with zero attached hydrogens (tertiary/aromatic N) is 5. The first-order valence-corrected chi connectivity index (χ1v) is 11.6. The maximum Gasteiger partial charge on any atom is 0.153 e. The van der Waals surface area contributed by atoms with Crippen LogP contribution < -0.4 is 5.32 Å². The monoisotopic (exact) mass is 438 g/mol. The van der Waals surface area contributed by atoms with Crippen molar-refractivity contribution in [2.75, 3.05) is 13.1 Å². The number of hydrogen-bond acceptors (Lipinski definition) is 5. The van der Waals surface area contributed by atoms with Gasteiger partial charge in [-0.05, 0) is 73.1 Å². The van der Waals surface area contributed by atoms with Crippen molar-refractivity contribution >= 4 is 5.57 Å². The smallest absolute Gasteiger partial charge is 0.153 e. The van der Waals surface area contributed by atoms with E-state index in [1.807, 2.05) is 25.4 Å². The van der Waals surface area contributed by atoms with Crippen LogP contribution >= 0.6 is 0 Å². The predicted molar refractivity (Wildman–Crippen MR) is 130 cm³/mol. The molecule has 33 heavy (non-hydrogen) atoms. The highest BCUT2D eigenvalue weighted by molar-refractivity contribution is 5.72. The third-order valence-electron chi connectivity index (χ3n) is 7.33. The summed E-state index contributed by atoms with van der Waals surface area (Å²) < 4.78 is 1.80. The SMILES string of the molecule is C=C1CCc2c1ccc(C1NCCN(Cc3cnn(-c4cc(C)c(C#N)cn4)c3)C1C)c2C. The van der Waals surface area contributed by atoms with Crippen LogP contribution in [0, 0.1) is 25.2 Å². The van der Waals surface area contributed by atoms with Gasteiger partial charge in [0.25, 0.3) is 0 Å². The van der Waals surface area contributed by atoms with Crippen LogP contribution in [0.3, 0.4) is 0 Å². The topological polar surface area (TPSA) is 69.8 Å². The quantitative estimate of drug-likeness (QED) is 0.659. The Hall–Kier alpha value is -3.27. The van der Waals surface area contributed by atoms with Crippen molar-refractivity contribution < 1.29 is 0 Å². The summed E-state index contributed by atoms with van der Waals surface area (Å²) >= 11 is 0. The second-order valence-electron chi connectivity index (χ2n) is 9.31. The number of fused-ring (bicyclic) bond motifs is 1. The van der Waals surface area contributed by atoms with E-state index in [2.05, 4.69) is 58.9 Å². The highest BCUT2D eigenvalue weighted by atomic mass is 15.3. The Balaban J connectivity index is 1.34. The van der Waals surface area contributed by atoms with E-state index < -0.39 is 0 Å². The van der Waals surface area contributed by atoms with Gasteiger partial charge in [-0.3, -0.25) is 4.90 Å².